The molecule has 3 rings (SSSR count). The number of carbonyl (C=O) groups excluding carboxylic acids is 3. The van der Waals surface area contributed by atoms with Gasteiger partial charge in [0, 0.05) is 12.6 Å². The van der Waals surface area contributed by atoms with E-state index in [9.17, 15) is 14.4 Å². The number of thioether (sulfide) groups is 1. The zero-order valence-electron chi connectivity index (χ0n) is 19.0. The lowest BCUT2D eigenvalue weighted by Gasteiger charge is -2.10. The predicted octanol–water partition coefficient (Wildman–Crippen LogP) is 3.99. The maximum absolute atomic E-state index is 12.4. The maximum atomic E-state index is 12.4. The first-order chi connectivity index (χ1) is 17.0. The minimum atomic E-state index is -0.325. The number of hydrogen-bond acceptors (Lipinski definition) is 7. The number of rotatable bonds is 11. The molecule has 3 aromatic rings. The molecule has 0 aliphatic rings. The van der Waals surface area contributed by atoms with Crippen LogP contribution in [0, 0.1) is 0 Å². The summed E-state index contributed by atoms with van der Waals surface area (Å²) in [5, 5.41) is 5.28. The van der Waals surface area contributed by atoms with Gasteiger partial charge in [0.25, 0.3) is 11.8 Å². The smallest absolute Gasteiger partial charge is 0.257 e. The summed E-state index contributed by atoms with van der Waals surface area (Å²) in [6.45, 7) is 0.625. The van der Waals surface area contributed by atoms with Gasteiger partial charge in [-0.25, -0.2) is 0 Å². The number of carbonyl (C=O) groups is 3. The number of likely N-dealkylation sites (N-methyl/N-ethyl adjacent to an activating group) is 1. The number of para-hydroxylation sites is 2. The number of nitrogen functional groups attached to an aromatic ring is 1. The largest absolute Gasteiger partial charge is 0.490 e. The molecule has 0 radical (unpaired) electrons. The van der Waals surface area contributed by atoms with E-state index in [4.69, 9.17) is 15.2 Å². The number of benzene rings is 3. The molecule has 9 heteroatoms. The first-order valence-corrected chi connectivity index (χ1v) is 11.5. The zero-order valence-corrected chi connectivity index (χ0v) is 19.8. The van der Waals surface area contributed by atoms with Crippen LogP contribution in [0.15, 0.2) is 77.7 Å². The normalized spacial score (nSPS) is 10.8. The van der Waals surface area contributed by atoms with Gasteiger partial charge >= 0.3 is 0 Å². The van der Waals surface area contributed by atoms with Crippen molar-refractivity contribution in [3.8, 4) is 11.5 Å². The second-order valence-corrected chi connectivity index (χ2v) is 8.00. The topological polar surface area (TPSA) is 120 Å². The molecule has 180 valence electrons. The Morgan fingerprint density at radius 1 is 0.914 bits per heavy atom. The van der Waals surface area contributed by atoms with E-state index in [0.29, 0.717) is 52.2 Å². The molecule has 0 bridgehead atoms. The molecule has 0 heterocycles. The summed E-state index contributed by atoms with van der Waals surface area (Å²) in [4.78, 5) is 35.2. The minimum Gasteiger partial charge on any atom is -0.490 e. The lowest BCUT2D eigenvalue weighted by atomic mass is 10.2. The highest BCUT2D eigenvalue weighted by Crippen LogP contribution is 2.21. The molecule has 35 heavy (non-hydrogen) atoms. The fraction of sp³-hybridized carbons (Fsp3) is 0.115. The molecule has 8 nitrogen and oxygen atoms in total. The van der Waals surface area contributed by atoms with Gasteiger partial charge in [-0.2, -0.15) is 0 Å². The number of hydrogen-bond donors (Lipinski definition) is 3. The van der Waals surface area contributed by atoms with Crippen molar-refractivity contribution >= 4 is 46.6 Å². The molecular formula is C26H25N3O5S. The second-order valence-electron chi connectivity index (χ2n) is 7.13. The van der Waals surface area contributed by atoms with E-state index < -0.39 is 0 Å². The van der Waals surface area contributed by atoms with Crippen molar-refractivity contribution in [1.29, 1.82) is 0 Å². The lowest BCUT2D eigenvalue weighted by molar-refractivity contribution is -0.116. The van der Waals surface area contributed by atoms with Crippen molar-refractivity contribution in [2.75, 3.05) is 31.3 Å². The molecule has 0 spiro atoms. The highest BCUT2D eigenvalue weighted by atomic mass is 32.2. The van der Waals surface area contributed by atoms with E-state index in [1.165, 1.54) is 7.05 Å². The van der Waals surface area contributed by atoms with Crippen molar-refractivity contribution in [2.45, 2.75) is 0 Å². The monoisotopic (exact) mass is 491 g/mol. The third-order valence-electron chi connectivity index (χ3n) is 4.75. The van der Waals surface area contributed by atoms with Crippen LogP contribution in [-0.2, 0) is 9.59 Å². The Hall–Kier alpha value is -4.24. The fourth-order valence-corrected chi connectivity index (χ4v) is 3.48. The quantitative estimate of drug-likeness (QED) is 0.161. The zero-order chi connectivity index (χ0) is 25.0. The molecule has 0 aliphatic heterocycles. The van der Waals surface area contributed by atoms with Gasteiger partial charge in [0.2, 0.25) is 0 Å². The molecule has 0 atom stereocenters. The number of amides is 2. The molecule has 0 saturated carbocycles. The van der Waals surface area contributed by atoms with E-state index in [1.807, 2.05) is 0 Å². The van der Waals surface area contributed by atoms with E-state index in [1.54, 1.807) is 78.9 Å². The standard InChI is InChI=1S/C26H25N3O5S/c1-28-26(32)24(35-17-30)16-18-6-10-20(11-7-18)33-14-15-34-21-12-8-19(9-13-21)25(31)29-23-5-3-2-4-22(23)27/h2-13,16-17H,14-15,27H2,1H3,(H,28,32)(H,29,31)/b24-16+. The molecule has 0 aromatic heterocycles. The molecule has 2 amide bonds. The van der Waals surface area contributed by atoms with Crippen molar-refractivity contribution in [2.24, 2.45) is 0 Å². The van der Waals surface area contributed by atoms with Crippen LogP contribution in [0.3, 0.4) is 0 Å². The van der Waals surface area contributed by atoms with Crippen molar-refractivity contribution in [3.05, 3.63) is 88.8 Å². The lowest BCUT2D eigenvalue weighted by Crippen LogP contribution is -2.18. The van der Waals surface area contributed by atoms with E-state index in [-0.39, 0.29) is 11.8 Å². The summed E-state index contributed by atoms with van der Waals surface area (Å²) in [5.41, 5.74) is 8.78. The van der Waals surface area contributed by atoms with Crippen LogP contribution in [0.4, 0.5) is 11.4 Å². The number of ether oxygens (including phenoxy) is 2. The summed E-state index contributed by atoms with van der Waals surface area (Å²) in [5.74, 6) is 0.666. The summed E-state index contributed by atoms with van der Waals surface area (Å²) in [6, 6.07) is 21.0. The Bertz CT molecular complexity index is 1190. The number of nitrogens with two attached hydrogens (primary N) is 1. The van der Waals surface area contributed by atoms with Crippen LogP contribution < -0.4 is 25.8 Å². The number of anilines is 2. The van der Waals surface area contributed by atoms with E-state index in [2.05, 4.69) is 10.6 Å². The van der Waals surface area contributed by atoms with Crippen LogP contribution in [-0.4, -0.2) is 37.7 Å². The highest BCUT2D eigenvalue weighted by molar-refractivity contribution is 8.16. The third-order valence-corrected chi connectivity index (χ3v) is 5.40. The molecule has 4 N–H and O–H groups in total. The van der Waals surface area contributed by atoms with Gasteiger partial charge in [-0.3, -0.25) is 14.4 Å². The summed E-state index contributed by atoms with van der Waals surface area (Å²) in [7, 11) is 1.51. The first kappa shape index (κ1) is 25.4. The van der Waals surface area contributed by atoms with Crippen molar-refractivity contribution in [3.63, 3.8) is 0 Å². The average molecular weight is 492 g/mol. The van der Waals surface area contributed by atoms with Gasteiger partial charge in [-0.05, 0) is 71.9 Å². The average Bonchev–Trinajstić information content (AvgIpc) is 2.88. The Labute approximate surface area is 207 Å². The van der Waals surface area contributed by atoms with Crippen molar-refractivity contribution in [1.82, 2.24) is 5.32 Å². The van der Waals surface area contributed by atoms with Gasteiger partial charge in [0.05, 0.1) is 16.3 Å². The molecule has 0 saturated heterocycles. The van der Waals surface area contributed by atoms with Gasteiger partial charge in [0.1, 0.15) is 24.7 Å². The maximum Gasteiger partial charge on any atom is 0.257 e. The minimum absolute atomic E-state index is 0.261. The fourth-order valence-electron chi connectivity index (χ4n) is 2.97. The van der Waals surface area contributed by atoms with Gasteiger partial charge in [-0.1, -0.05) is 24.3 Å². The SMILES string of the molecule is CNC(=O)/C(=C\c1ccc(OCCOc2ccc(C(=O)Nc3ccccc3N)cc2)cc1)SC=O. The summed E-state index contributed by atoms with van der Waals surface area (Å²) >= 11 is 0.819. The first-order valence-electron chi connectivity index (χ1n) is 10.7. The van der Waals surface area contributed by atoms with Crippen LogP contribution in [0.25, 0.3) is 6.08 Å². The van der Waals surface area contributed by atoms with Gasteiger partial charge < -0.3 is 25.8 Å². The molecule has 0 fully saturated rings. The molecule has 3 aromatic carbocycles. The predicted molar refractivity (Wildman–Crippen MR) is 139 cm³/mol. The van der Waals surface area contributed by atoms with Crippen LogP contribution in [0.1, 0.15) is 15.9 Å². The van der Waals surface area contributed by atoms with Gasteiger partial charge in [-0.15, -0.1) is 0 Å². The van der Waals surface area contributed by atoms with Crippen molar-refractivity contribution < 1.29 is 23.9 Å². The molecule has 0 aliphatic carbocycles. The van der Waals surface area contributed by atoms with Crippen LogP contribution in [0.2, 0.25) is 0 Å². The molecular weight excluding hydrogens is 466 g/mol. The van der Waals surface area contributed by atoms with E-state index in [0.717, 1.165) is 17.3 Å². The number of nitrogens with one attached hydrogen (secondary N) is 2. The second kappa shape index (κ2) is 12.9. The Morgan fingerprint density at radius 3 is 2.09 bits per heavy atom. The van der Waals surface area contributed by atoms with Gasteiger partial charge in [0.15, 0.2) is 5.62 Å². The van der Waals surface area contributed by atoms with Crippen LogP contribution in [0.5, 0.6) is 11.5 Å². The third kappa shape index (κ3) is 7.65. The Balaban J connectivity index is 1.46. The summed E-state index contributed by atoms with van der Waals surface area (Å²) < 4.78 is 11.4. The summed E-state index contributed by atoms with van der Waals surface area (Å²) in [6.07, 6.45) is 1.63. The Morgan fingerprint density at radius 2 is 1.51 bits per heavy atom. The highest BCUT2D eigenvalue weighted by Gasteiger charge is 2.09. The molecule has 0 unspecified atom stereocenters. The Kier molecular flexibility index (Phi) is 9.32. The van der Waals surface area contributed by atoms with E-state index >= 15 is 0 Å². The van der Waals surface area contributed by atoms with Crippen LogP contribution >= 0.6 is 11.8 Å².